The number of aryl methyl sites for hydroxylation is 2. The average molecular weight is 566 g/mol. The van der Waals surface area contributed by atoms with Gasteiger partial charge in [-0.25, -0.2) is 16.8 Å². The molecule has 0 aliphatic carbocycles. The molecule has 0 bridgehead atoms. The molecule has 0 aliphatic heterocycles. The number of hydrogen-bond acceptors (Lipinski definition) is 5. The van der Waals surface area contributed by atoms with Crippen molar-refractivity contribution in [3.8, 4) is 0 Å². The van der Waals surface area contributed by atoms with E-state index in [1.807, 2.05) is 32.0 Å². The van der Waals surface area contributed by atoms with Crippen LogP contribution in [0.3, 0.4) is 0 Å². The third kappa shape index (κ3) is 6.16. The Bertz CT molecular complexity index is 1400. The van der Waals surface area contributed by atoms with Crippen molar-refractivity contribution in [3.63, 3.8) is 0 Å². The monoisotopic (exact) mass is 565 g/mol. The summed E-state index contributed by atoms with van der Waals surface area (Å²) in [5, 5.41) is 2.60. The lowest BCUT2D eigenvalue weighted by Gasteiger charge is -2.23. The van der Waals surface area contributed by atoms with E-state index in [9.17, 15) is 21.6 Å². The predicted octanol–water partition coefficient (Wildman–Crippen LogP) is 4.27. The highest BCUT2D eigenvalue weighted by molar-refractivity contribution is 9.10. The Labute approximate surface area is 208 Å². The number of nitrogens with zero attached hydrogens (tertiary/aromatic N) is 1. The van der Waals surface area contributed by atoms with Gasteiger partial charge >= 0.3 is 0 Å². The molecule has 0 aromatic heterocycles. The first-order valence-electron chi connectivity index (χ1n) is 10.1. The summed E-state index contributed by atoms with van der Waals surface area (Å²) in [5.74, 6) is -0.578. The quantitative estimate of drug-likeness (QED) is 0.423. The summed E-state index contributed by atoms with van der Waals surface area (Å²) in [6.07, 6.45) is 1.02. The summed E-state index contributed by atoms with van der Waals surface area (Å²) in [6, 6.07) is 17.8. The van der Waals surface area contributed by atoms with Gasteiger partial charge in [0.05, 0.1) is 22.5 Å². The average Bonchev–Trinajstić information content (AvgIpc) is 2.75. The van der Waals surface area contributed by atoms with E-state index in [1.165, 1.54) is 24.3 Å². The minimum absolute atomic E-state index is 0.0270. The van der Waals surface area contributed by atoms with E-state index in [-0.39, 0.29) is 4.90 Å². The molecule has 3 aromatic rings. The van der Waals surface area contributed by atoms with Gasteiger partial charge in [0.25, 0.3) is 10.0 Å². The molecule has 0 saturated carbocycles. The summed E-state index contributed by atoms with van der Waals surface area (Å²) < 4.78 is 54.3. The molecule has 180 valence electrons. The SMILES string of the molecule is Cc1cccc(C)c1NS(=O)(=O)c1ccc(NC(=O)CN(c2ccccc2Br)S(C)(=O)=O)cc1. The van der Waals surface area contributed by atoms with Gasteiger partial charge < -0.3 is 5.32 Å². The van der Waals surface area contributed by atoms with Gasteiger partial charge in [0.2, 0.25) is 15.9 Å². The molecular weight excluding hydrogens is 542 g/mol. The van der Waals surface area contributed by atoms with Crippen LogP contribution in [0.5, 0.6) is 0 Å². The number of para-hydroxylation sites is 2. The third-order valence-corrected chi connectivity index (χ3v) is 8.14. The van der Waals surface area contributed by atoms with Crippen molar-refractivity contribution in [3.05, 3.63) is 82.3 Å². The number of rotatable bonds is 8. The van der Waals surface area contributed by atoms with Crippen molar-refractivity contribution in [2.75, 3.05) is 27.1 Å². The van der Waals surface area contributed by atoms with Gasteiger partial charge in [-0.2, -0.15) is 0 Å². The minimum Gasteiger partial charge on any atom is -0.325 e. The number of nitrogens with one attached hydrogen (secondary N) is 2. The van der Waals surface area contributed by atoms with Crippen LogP contribution in [0.4, 0.5) is 17.1 Å². The fourth-order valence-electron chi connectivity index (χ4n) is 3.25. The van der Waals surface area contributed by atoms with Crippen LogP contribution in [0.15, 0.2) is 76.1 Å². The van der Waals surface area contributed by atoms with Gasteiger partial charge in [0.1, 0.15) is 6.54 Å². The standard InChI is InChI=1S/C23H24BrN3O5S2/c1-16-7-6-8-17(2)23(16)26-34(31,32)19-13-11-18(12-14-19)25-22(28)15-27(33(3,29)30)21-10-5-4-9-20(21)24/h4-14,26H,15H2,1-3H3,(H,25,28). The van der Waals surface area contributed by atoms with E-state index in [2.05, 4.69) is 26.0 Å². The highest BCUT2D eigenvalue weighted by Gasteiger charge is 2.23. The fourth-order valence-corrected chi connectivity index (χ4v) is 5.94. The molecule has 0 atom stereocenters. The predicted molar refractivity (Wildman–Crippen MR) is 138 cm³/mol. The number of carbonyl (C=O) groups is 1. The van der Waals surface area contributed by atoms with E-state index in [1.54, 1.807) is 24.3 Å². The summed E-state index contributed by atoms with van der Waals surface area (Å²) in [7, 11) is -7.57. The van der Waals surface area contributed by atoms with Crippen LogP contribution in [-0.4, -0.2) is 35.5 Å². The summed E-state index contributed by atoms with van der Waals surface area (Å²) in [5.41, 5.74) is 2.78. The molecule has 2 N–H and O–H groups in total. The lowest BCUT2D eigenvalue weighted by Crippen LogP contribution is -2.37. The second kappa shape index (κ2) is 10.2. The summed E-state index contributed by atoms with van der Waals surface area (Å²) >= 11 is 3.30. The molecular formula is C23H24BrN3O5S2. The third-order valence-electron chi connectivity index (χ3n) is 4.97. The van der Waals surface area contributed by atoms with Crippen LogP contribution in [0.25, 0.3) is 0 Å². The molecule has 0 radical (unpaired) electrons. The van der Waals surface area contributed by atoms with E-state index in [4.69, 9.17) is 0 Å². The van der Waals surface area contributed by atoms with Crippen LogP contribution < -0.4 is 14.3 Å². The first kappa shape index (κ1) is 25.7. The second-order valence-electron chi connectivity index (χ2n) is 7.67. The number of anilines is 3. The number of amides is 1. The zero-order chi connectivity index (χ0) is 25.1. The first-order chi connectivity index (χ1) is 15.9. The normalized spacial score (nSPS) is 11.6. The van der Waals surface area contributed by atoms with Gasteiger partial charge in [-0.05, 0) is 77.3 Å². The number of sulfonamides is 2. The Kier molecular flexibility index (Phi) is 7.69. The molecule has 0 heterocycles. The Morgan fingerprint density at radius 2 is 1.47 bits per heavy atom. The van der Waals surface area contributed by atoms with Gasteiger partial charge in [0.15, 0.2) is 0 Å². The second-order valence-corrected chi connectivity index (χ2v) is 12.1. The molecule has 34 heavy (non-hydrogen) atoms. The highest BCUT2D eigenvalue weighted by atomic mass is 79.9. The molecule has 0 spiro atoms. The van der Waals surface area contributed by atoms with Crippen molar-refractivity contribution in [2.24, 2.45) is 0 Å². The van der Waals surface area contributed by atoms with Gasteiger partial charge in [0, 0.05) is 10.2 Å². The molecule has 0 saturated heterocycles. The van der Waals surface area contributed by atoms with Crippen LogP contribution in [0.2, 0.25) is 0 Å². The van der Waals surface area contributed by atoms with Crippen molar-refractivity contribution >= 4 is 58.9 Å². The Morgan fingerprint density at radius 1 is 0.882 bits per heavy atom. The Balaban J connectivity index is 1.75. The number of hydrogen-bond donors (Lipinski definition) is 2. The number of carbonyl (C=O) groups excluding carboxylic acids is 1. The van der Waals surface area contributed by atoms with Gasteiger partial charge in [-0.3, -0.25) is 13.8 Å². The van der Waals surface area contributed by atoms with Crippen LogP contribution in [0.1, 0.15) is 11.1 Å². The molecule has 11 heteroatoms. The van der Waals surface area contributed by atoms with E-state index >= 15 is 0 Å². The van der Waals surface area contributed by atoms with Crippen LogP contribution >= 0.6 is 15.9 Å². The number of benzene rings is 3. The lowest BCUT2D eigenvalue weighted by molar-refractivity contribution is -0.114. The maximum absolute atomic E-state index is 12.8. The molecule has 0 fully saturated rings. The Hall–Kier alpha value is -2.89. The van der Waals surface area contributed by atoms with Crippen molar-refractivity contribution in [1.82, 2.24) is 0 Å². The fraction of sp³-hybridized carbons (Fsp3) is 0.174. The van der Waals surface area contributed by atoms with Crippen LogP contribution in [-0.2, 0) is 24.8 Å². The smallest absolute Gasteiger partial charge is 0.261 e. The summed E-state index contributed by atoms with van der Waals surface area (Å²) in [6.45, 7) is 3.18. The zero-order valence-electron chi connectivity index (χ0n) is 18.7. The molecule has 8 nitrogen and oxygen atoms in total. The van der Waals surface area contributed by atoms with Gasteiger partial charge in [-0.15, -0.1) is 0 Å². The largest absolute Gasteiger partial charge is 0.325 e. The maximum atomic E-state index is 12.8. The van der Waals surface area contributed by atoms with Crippen molar-refractivity contribution < 1.29 is 21.6 Å². The van der Waals surface area contributed by atoms with Gasteiger partial charge in [-0.1, -0.05) is 30.3 Å². The van der Waals surface area contributed by atoms with Crippen molar-refractivity contribution in [2.45, 2.75) is 18.7 Å². The Morgan fingerprint density at radius 3 is 2.03 bits per heavy atom. The lowest BCUT2D eigenvalue weighted by atomic mass is 10.1. The molecule has 0 aliphatic rings. The van der Waals surface area contributed by atoms with Crippen LogP contribution in [0, 0.1) is 13.8 Å². The van der Waals surface area contributed by atoms with Crippen molar-refractivity contribution in [1.29, 1.82) is 0 Å². The minimum atomic E-state index is -3.84. The van der Waals surface area contributed by atoms with E-state index in [0.717, 1.165) is 21.7 Å². The summed E-state index contributed by atoms with van der Waals surface area (Å²) in [4.78, 5) is 12.6. The zero-order valence-corrected chi connectivity index (χ0v) is 22.0. The molecule has 3 aromatic carbocycles. The molecule has 0 unspecified atom stereocenters. The topological polar surface area (TPSA) is 113 Å². The van der Waals surface area contributed by atoms with E-state index in [0.29, 0.717) is 21.5 Å². The molecule has 1 amide bonds. The maximum Gasteiger partial charge on any atom is 0.261 e. The first-order valence-corrected chi connectivity index (χ1v) is 14.2. The number of halogens is 1. The van der Waals surface area contributed by atoms with E-state index < -0.39 is 32.5 Å². The molecule has 3 rings (SSSR count). The highest BCUT2D eigenvalue weighted by Crippen LogP contribution is 2.28.